The molecule has 1 aliphatic heterocycles. The van der Waals surface area contributed by atoms with Gasteiger partial charge in [-0.1, -0.05) is 6.07 Å². The molecule has 1 aliphatic rings. The number of aromatic carboxylic acids is 1. The number of likely N-dealkylation sites (N-methyl/N-ethyl adjacent to an activating group) is 1. The van der Waals surface area contributed by atoms with E-state index in [0.29, 0.717) is 40.5 Å². The average Bonchev–Trinajstić information content (AvgIpc) is 2.98. The SMILES string of the molecule is CCOc1ccc(C=C2SC(=Nc3ccc(C(=O)O)cc3)N(C)C2=O)cc1OCC. The normalized spacial score (nSPS) is 16.4. The summed E-state index contributed by atoms with van der Waals surface area (Å²) in [6.07, 6.45) is 1.79. The second-order valence-corrected chi connectivity index (χ2v) is 7.30. The molecule has 156 valence electrons. The lowest BCUT2D eigenvalue weighted by molar-refractivity contribution is -0.121. The van der Waals surface area contributed by atoms with Crippen molar-refractivity contribution in [2.75, 3.05) is 20.3 Å². The first kappa shape index (κ1) is 21.4. The molecule has 1 saturated heterocycles. The van der Waals surface area contributed by atoms with Crippen molar-refractivity contribution >= 4 is 40.6 Å². The number of hydrogen-bond acceptors (Lipinski definition) is 6. The molecule has 1 heterocycles. The summed E-state index contributed by atoms with van der Waals surface area (Å²) >= 11 is 1.26. The maximum atomic E-state index is 12.7. The van der Waals surface area contributed by atoms with Crippen LogP contribution in [0.2, 0.25) is 0 Å². The Hall–Kier alpha value is -3.26. The first-order chi connectivity index (χ1) is 14.4. The average molecular weight is 426 g/mol. The van der Waals surface area contributed by atoms with Crippen LogP contribution in [0.5, 0.6) is 11.5 Å². The molecule has 30 heavy (non-hydrogen) atoms. The summed E-state index contributed by atoms with van der Waals surface area (Å²) in [5.74, 6) is 0.137. The number of carboxylic acid groups (broad SMARTS) is 1. The van der Waals surface area contributed by atoms with Gasteiger partial charge in [0.1, 0.15) is 0 Å². The monoisotopic (exact) mass is 426 g/mol. The third kappa shape index (κ3) is 4.83. The minimum atomic E-state index is -0.997. The van der Waals surface area contributed by atoms with Crippen LogP contribution in [0.1, 0.15) is 29.8 Å². The molecule has 2 aromatic carbocycles. The Bertz CT molecular complexity index is 1010. The molecule has 0 radical (unpaired) electrons. The maximum Gasteiger partial charge on any atom is 0.335 e. The standard InChI is InChI=1S/C22H22N2O5S/c1-4-28-17-11-6-14(12-18(17)29-5-2)13-19-20(25)24(3)22(30-19)23-16-9-7-15(8-10-16)21(26)27/h6-13H,4-5H2,1-3H3,(H,26,27). The zero-order valence-corrected chi connectivity index (χ0v) is 17.7. The molecule has 0 aromatic heterocycles. The minimum absolute atomic E-state index is 0.159. The van der Waals surface area contributed by atoms with Crippen molar-refractivity contribution in [3.63, 3.8) is 0 Å². The molecule has 8 heteroatoms. The summed E-state index contributed by atoms with van der Waals surface area (Å²) in [7, 11) is 1.66. The van der Waals surface area contributed by atoms with Crippen LogP contribution in [0.25, 0.3) is 6.08 Å². The van der Waals surface area contributed by atoms with Crippen molar-refractivity contribution in [3.8, 4) is 11.5 Å². The number of thioether (sulfide) groups is 1. The fourth-order valence-corrected chi connectivity index (χ4v) is 3.74. The molecule has 1 amide bonds. The molecule has 2 aromatic rings. The molecule has 3 rings (SSSR count). The summed E-state index contributed by atoms with van der Waals surface area (Å²) in [4.78, 5) is 30.1. The van der Waals surface area contributed by atoms with Crippen LogP contribution in [-0.2, 0) is 4.79 Å². The lowest BCUT2D eigenvalue weighted by Crippen LogP contribution is -2.23. The van der Waals surface area contributed by atoms with Gasteiger partial charge in [-0.05, 0) is 73.6 Å². The number of benzene rings is 2. The van der Waals surface area contributed by atoms with Crippen LogP contribution in [0, 0.1) is 0 Å². The van der Waals surface area contributed by atoms with Gasteiger partial charge in [-0.15, -0.1) is 0 Å². The van der Waals surface area contributed by atoms with E-state index in [1.54, 1.807) is 25.3 Å². The van der Waals surface area contributed by atoms with Crippen LogP contribution in [0.3, 0.4) is 0 Å². The number of carbonyl (C=O) groups is 2. The Morgan fingerprint density at radius 1 is 1.10 bits per heavy atom. The number of nitrogens with zero attached hydrogens (tertiary/aromatic N) is 2. The van der Waals surface area contributed by atoms with Crippen LogP contribution in [0.15, 0.2) is 52.4 Å². The van der Waals surface area contributed by atoms with Crippen molar-refractivity contribution < 1.29 is 24.2 Å². The van der Waals surface area contributed by atoms with Gasteiger partial charge in [-0.3, -0.25) is 9.69 Å². The zero-order chi connectivity index (χ0) is 21.7. The molecular formula is C22H22N2O5S. The van der Waals surface area contributed by atoms with Gasteiger partial charge in [-0.25, -0.2) is 9.79 Å². The predicted octanol–water partition coefficient (Wildman–Crippen LogP) is 4.42. The van der Waals surface area contributed by atoms with Gasteiger partial charge in [-0.2, -0.15) is 0 Å². The fraction of sp³-hybridized carbons (Fsp3) is 0.227. The van der Waals surface area contributed by atoms with E-state index in [1.165, 1.54) is 28.8 Å². The summed E-state index contributed by atoms with van der Waals surface area (Å²) in [5.41, 5.74) is 1.57. The lowest BCUT2D eigenvalue weighted by Gasteiger charge is -2.11. The molecule has 1 N–H and O–H groups in total. The van der Waals surface area contributed by atoms with Gasteiger partial charge < -0.3 is 14.6 Å². The number of hydrogen-bond donors (Lipinski definition) is 1. The van der Waals surface area contributed by atoms with E-state index in [-0.39, 0.29) is 11.5 Å². The molecule has 1 fully saturated rings. The van der Waals surface area contributed by atoms with E-state index in [2.05, 4.69) is 4.99 Å². The van der Waals surface area contributed by atoms with Gasteiger partial charge in [0.2, 0.25) is 0 Å². The third-order valence-electron chi connectivity index (χ3n) is 4.21. The molecule has 0 unspecified atom stereocenters. The Labute approximate surface area is 179 Å². The zero-order valence-electron chi connectivity index (χ0n) is 16.9. The molecule has 7 nitrogen and oxygen atoms in total. The lowest BCUT2D eigenvalue weighted by atomic mass is 10.2. The van der Waals surface area contributed by atoms with Gasteiger partial charge in [0, 0.05) is 7.05 Å². The van der Waals surface area contributed by atoms with E-state index in [9.17, 15) is 9.59 Å². The third-order valence-corrected chi connectivity index (χ3v) is 5.27. The molecule has 0 spiro atoms. The Morgan fingerprint density at radius 3 is 2.40 bits per heavy atom. The number of carboxylic acids is 1. The summed E-state index contributed by atoms with van der Waals surface area (Å²) < 4.78 is 11.2. The van der Waals surface area contributed by atoms with Crippen molar-refractivity contribution in [1.82, 2.24) is 4.90 Å². The summed E-state index contributed by atoms with van der Waals surface area (Å²) in [5, 5.41) is 9.51. The maximum absolute atomic E-state index is 12.7. The molecule has 0 bridgehead atoms. The summed E-state index contributed by atoms with van der Waals surface area (Å²) in [6.45, 7) is 4.85. The van der Waals surface area contributed by atoms with E-state index >= 15 is 0 Å². The van der Waals surface area contributed by atoms with Crippen molar-refractivity contribution in [1.29, 1.82) is 0 Å². The topological polar surface area (TPSA) is 88.4 Å². The van der Waals surface area contributed by atoms with Crippen molar-refractivity contribution in [2.45, 2.75) is 13.8 Å². The van der Waals surface area contributed by atoms with Crippen molar-refractivity contribution in [2.24, 2.45) is 4.99 Å². The van der Waals surface area contributed by atoms with Crippen LogP contribution in [0.4, 0.5) is 5.69 Å². The quantitative estimate of drug-likeness (QED) is 0.660. The highest BCUT2D eigenvalue weighted by molar-refractivity contribution is 8.18. The molecule has 0 aliphatic carbocycles. The summed E-state index contributed by atoms with van der Waals surface area (Å²) in [6, 6.07) is 11.7. The number of amidine groups is 1. The van der Waals surface area contributed by atoms with Crippen LogP contribution >= 0.6 is 11.8 Å². The smallest absolute Gasteiger partial charge is 0.335 e. The fourth-order valence-electron chi connectivity index (χ4n) is 2.75. The van der Waals surface area contributed by atoms with Crippen molar-refractivity contribution in [3.05, 3.63) is 58.5 Å². The highest BCUT2D eigenvalue weighted by Gasteiger charge is 2.30. The van der Waals surface area contributed by atoms with Gasteiger partial charge in [0.15, 0.2) is 16.7 Å². The molecule has 0 atom stereocenters. The second kappa shape index (κ2) is 9.49. The van der Waals surface area contributed by atoms with E-state index in [1.807, 2.05) is 32.0 Å². The number of amides is 1. The first-order valence-electron chi connectivity index (χ1n) is 9.42. The Morgan fingerprint density at radius 2 is 1.77 bits per heavy atom. The molecular weight excluding hydrogens is 404 g/mol. The number of aliphatic imine (C=N–C) groups is 1. The van der Waals surface area contributed by atoms with E-state index in [0.717, 1.165) is 5.56 Å². The van der Waals surface area contributed by atoms with Gasteiger partial charge in [0.25, 0.3) is 5.91 Å². The number of carbonyl (C=O) groups excluding carboxylic acids is 1. The van der Waals surface area contributed by atoms with E-state index < -0.39 is 5.97 Å². The first-order valence-corrected chi connectivity index (χ1v) is 10.2. The molecule has 0 saturated carbocycles. The second-order valence-electron chi connectivity index (χ2n) is 6.29. The Balaban J connectivity index is 1.85. The predicted molar refractivity (Wildman–Crippen MR) is 118 cm³/mol. The number of ether oxygens (including phenoxy) is 2. The van der Waals surface area contributed by atoms with Crippen LogP contribution < -0.4 is 9.47 Å². The van der Waals surface area contributed by atoms with Gasteiger partial charge in [0.05, 0.1) is 29.4 Å². The van der Waals surface area contributed by atoms with E-state index in [4.69, 9.17) is 14.6 Å². The minimum Gasteiger partial charge on any atom is -0.490 e. The van der Waals surface area contributed by atoms with Gasteiger partial charge >= 0.3 is 5.97 Å². The number of rotatable bonds is 7. The Kier molecular flexibility index (Phi) is 6.79. The van der Waals surface area contributed by atoms with Crippen LogP contribution in [-0.4, -0.2) is 47.3 Å². The highest BCUT2D eigenvalue weighted by atomic mass is 32.2. The largest absolute Gasteiger partial charge is 0.490 e. The highest BCUT2D eigenvalue weighted by Crippen LogP contribution is 2.35.